The number of quaternary nitrogens is 1. The molecule has 0 aromatic rings. The Morgan fingerprint density at radius 1 is 1.43 bits per heavy atom. The third kappa shape index (κ3) is 5.92. The van der Waals surface area contributed by atoms with E-state index in [1.54, 1.807) is 0 Å². The lowest BCUT2D eigenvalue weighted by Crippen LogP contribution is -2.44. The van der Waals surface area contributed by atoms with Gasteiger partial charge < -0.3 is 11.5 Å². The van der Waals surface area contributed by atoms with Crippen LogP contribution in [0.1, 0.15) is 19.3 Å². The van der Waals surface area contributed by atoms with Crippen molar-refractivity contribution in [2.45, 2.75) is 19.3 Å². The predicted octanol–water partition coefficient (Wildman–Crippen LogP) is -0.481. The van der Waals surface area contributed by atoms with Gasteiger partial charge >= 0.3 is 0 Å². The van der Waals surface area contributed by atoms with E-state index in [-0.39, 0.29) is 0 Å². The van der Waals surface area contributed by atoms with Gasteiger partial charge in [0.15, 0.2) is 0 Å². The van der Waals surface area contributed by atoms with E-state index in [1.165, 1.54) is 6.42 Å². The SMILES string of the molecule is NCCCC[CH][NH3+]. The van der Waals surface area contributed by atoms with Crippen molar-refractivity contribution in [1.29, 1.82) is 0 Å². The molecule has 0 spiro atoms. The fourth-order valence-corrected chi connectivity index (χ4v) is 0.433. The first kappa shape index (κ1) is 6.92. The summed E-state index contributed by atoms with van der Waals surface area (Å²) in [4.78, 5) is 0. The van der Waals surface area contributed by atoms with Crippen LogP contribution in [0, 0.1) is 6.54 Å². The normalized spacial score (nSPS) is 9.43. The summed E-state index contributed by atoms with van der Waals surface area (Å²) in [6.45, 7) is 2.74. The molecule has 0 saturated carbocycles. The van der Waals surface area contributed by atoms with Gasteiger partial charge in [0.25, 0.3) is 0 Å². The van der Waals surface area contributed by atoms with Crippen molar-refractivity contribution >= 4 is 0 Å². The Labute approximate surface area is 44.9 Å². The molecule has 7 heavy (non-hydrogen) atoms. The number of unbranched alkanes of at least 4 members (excludes halogenated alkanes) is 2. The maximum atomic E-state index is 5.23. The van der Waals surface area contributed by atoms with Gasteiger partial charge in [0, 0.05) is 6.42 Å². The first-order chi connectivity index (χ1) is 3.41. The second-order valence-corrected chi connectivity index (χ2v) is 1.57. The van der Waals surface area contributed by atoms with Gasteiger partial charge in [-0.25, -0.2) is 0 Å². The van der Waals surface area contributed by atoms with Gasteiger partial charge in [-0.05, 0) is 19.4 Å². The van der Waals surface area contributed by atoms with Crippen molar-refractivity contribution in [2.24, 2.45) is 5.73 Å². The minimum atomic E-state index is 0.813. The van der Waals surface area contributed by atoms with E-state index in [1.807, 2.05) is 6.54 Å². The summed E-state index contributed by atoms with van der Waals surface area (Å²) in [5.41, 5.74) is 8.83. The van der Waals surface area contributed by atoms with Crippen LogP contribution in [-0.4, -0.2) is 6.54 Å². The topological polar surface area (TPSA) is 53.7 Å². The van der Waals surface area contributed by atoms with Gasteiger partial charge in [0.05, 0.1) is 0 Å². The van der Waals surface area contributed by atoms with Gasteiger partial charge in [-0.2, -0.15) is 0 Å². The first-order valence-corrected chi connectivity index (χ1v) is 2.72. The third-order valence-corrected chi connectivity index (χ3v) is 0.862. The van der Waals surface area contributed by atoms with E-state index >= 15 is 0 Å². The molecule has 0 aliphatic rings. The highest BCUT2D eigenvalue weighted by Gasteiger charge is 1.83. The fourth-order valence-electron chi connectivity index (χ4n) is 0.433. The van der Waals surface area contributed by atoms with Crippen molar-refractivity contribution in [2.75, 3.05) is 6.54 Å². The average Bonchev–Trinajstić information content (AvgIpc) is 1.69. The van der Waals surface area contributed by atoms with E-state index in [9.17, 15) is 0 Å². The molecule has 0 saturated heterocycles. The van der Waals surface area contributed by atoms with Crippen molar-refractivity contribution < 1.29 is 5.73 Å². The Bertz CT molecular complexity index is 25.3. The van der Waals surface area contributed by atoms with Crippen LogP contribution in [0.4, 0.5) is 0 Å². The molecular weight excluding hydrogens is 88.1 g/mol. The van der Waals surface area contributed by atoms with Crippen LogP contribution < -0.4 is 11.5 Å². The molecule has 0 aromatic heterocycles. The largest absolute Gasteiger partial charge is 0.350 e. The van der Waals surface area contributed by atoms with Gasteiger partial charge in [-0.3, -0.25) is 0 Å². The van der Waals surface area contributed by atoms with Crippen LogP contribution >= 0.6 is 0 Å². The van der Waals surface area contributed by atoms with Gasteiger partial charge in [0.1, 0.15) is 6.54 Å². The molecule has 0 bridgehead atoms. The summed E-state index contributed by atoms with van der Waals surface area (Å²) in [6, 6.07) is 0. The minimum Gasteiger partial charge on any atom is -0.350 e. The molecule has 0 fully saturated rings. The number of rotatable bonds is 4. The van der Waals surface area contributed by atoms with Crippen LogP contribution in [0.3, 0.4) is 0 Å². The minimum absolute atomic E-state index is 0.813. The Morgan fingerprint density at radius 3 is 2.57 bits per heavy atom. The van der Waals surface area contributed by atoms with E-state index in [0.717, 1.165) is 19.4 Å². The molecule has 0 aliphatic heterocycles. The Balaban J connectivity index is 2.45. The summed E-state index contributed by atoms with van der Waals surface area (Å²) in [6.07, 6.45) is 3.43. The lowest BCUT2D eigenvalue weighted by Gasteiger charge is -1.88. The van der Waals surface area contributed by atoms with E-state index in [0.29, 0.717) is 0 Å². The maximum absolute atomic E-state index is 5.23. The lowest BCUT2D eigenvalue weighted by molar-refractivity contribution is -0.318. The second-order valence-electron chi connectivity index (χ2n) is 1.57. The zero-order valence-electron chi connectivity index (χ0n) is 4.69. The van der Waals surface area contributed by atoms with Crippen molar-refractivity contribution in [3.05, 3.63) is 6.54 Å². The van der Waals surface area contributed by atoms with E-state index in [2.05, 4.69) is 5.73 Å². The van der Waals surface area contributed by atoms with Crippen molar-refractivity contribution in [3.8, 4) is 0 Å². The van der Waals surface area contributed by atoms with Gasteiger partial charge in [-0.15, -0.1) is 0 Å². The van der Waals surface area contributed by atoms with Gasteiger partial charge in [-0.1, -0.05) is 0 Å². The quantitative estimate of drug-likeness (QED) is 0.463. The highest BCUT2D eigenvalue weighted by molar-refractivity contribution is 4.45. The molecule has 0 amide bonds. The van der Waals surface area contributed by atoms with E-state index in [4.69, 9.17) is 5.73 Å². The Hall–Kier alpha value is -0.0800. The zero-order valence-corrected chi connectivity index (χ0v) is 4.69. The first-order valence-electron chi connectivity index (χ1n) is 2.72. The summed E-state index contributed by atoms with van der Waals surface area (Å²) in [5, 5.41) is 0. The summed E-state index contributed by atoms with van der Waals surface area (Å²) in [7, 11) is 0. The molecular formula is C5H14N2+. The monoisotopic (exact) mass is 102 g/mol. The lowest BCUT2D eigenvalue weighted by atomic mass is 10.2. The third-order valence-electron chi connectivity index (χ3n) is 0.862. The van der Waals surface area contributed by atoms with Crippen LogP contribution in [0.2, 0.25) is 0 Å². The molecule has 5 N–H and O–H groups in total. The second kappa shape index (κ2) is 5.92. The summed E-state index contributed by atoms with van der Waals surface area (Å²) < 4.78 is 0. The number of hydrogen-bond donors (Lipinski definition) is 2. The smallest absolute Gasteiger partial charge is 0.137 e. The highest BCUT2D eigenvalue weighted by Crippen LogP contribution is 1.90. The average molecular weight is 102 g/mol. The molecule has 0 heterocycles. The Kier molecular flexibility index (Phi) is 5.85. The van der Waals surface area contributed by atoms with Crippen LogP contribution in [0.15, 0.2) is 0 Å². The zero-order chi connectivity index (χ0) is 5.54. The number of nitrogens with two attached hydrogens (primary N) is 1. The van der Waals surface area contributed by atoms with Crippen LogP contribution in [0.25, 0.3) is 0 Å². The molecule has 0 unspecified atom stereocenters. The molecule has 0 rings (SSSR count). The Morgan fingerprint density at radius 2 is 2.14 bits per heavy atom. The highest BCUT2D eigenvalue weighted by atomic mass is 14.5. The van der Waals surface area contributed by atoms with Crippen LogP contribution in [-0.2, 0) is 0 Å². The van der Waals surface area contributed by atoms with Gasteiger partial charge in [0.2, 0.25) is 0 Å². The molecule has 43 valence electrons. The molecule has 2 nitrogen and oxygen atoms in total. The molecule has 0 aromatic carbocycles. The van der Waals surface area contributed by atoms with E-state index < -0.39 is 0 Å². The molecule has 1 radical (unpaired) electrons. The summed E-state index contributed by atoms with van der Waals surface area (Å²) >= 11 is 0. The molecule has 0 aliphatic carbocycles. The standard InChI is InChI=1S/C5H14N2/c6-4-2-1-3-5-7/h4H,1-3,5,7H2,6H3/q+1. The fraction of sp³-hybridized carbons (Fsp3) is 0.800. The summed E-state index contributed by atoms with van der Waals surface area (Å²) in [5.74, 6) is 0. The van der Waals surface area contributed by atoms with Crippen LogP contribution in [0.5, 0.6) is 0 Å². The number of hydrogen-bond acceptors (Lipinski definition) is 1. The van der Waals surface area contributed by atoms with Crippen molar-refractivity contribution in [3.63, 3.8) is 0 Å². The molecule has 2 heteroatoms. The molecule has 0 atom stereocenters. The maximum Gasteiger partial charge on any atom is 0.137 e. The predicted molar refractivity (Wildman–Crippen MR) is 30.1 cm³/mol. The van der Waals surface area contributed by atoms with Crippen molar-refractivity contribution in [1.82, 2.24) is 0 Å².